The number of nitrogens with zero attached hydrogens (tertiary/aromatic N) is 1. The largest absolute Gasteiger partial charge is 0.347 e. The smallest absolute Gasteiger partial charge is 0.198 e. The van der Waals surface area contributed by atoms with Crippen LogP contribution in [-0.2, 0) is 6.54 Å². The highest BCUT2D eigenvalue weighted by Gasteiger charge is 2.34. The molecule has 4 rings (SSSR count). The third kappa shape index (κ3) is 3.03. The fourth-order valence-electron chi connectivity index (χ4n) is 3.34. The van der Waals surface area contributed by atoms with Gasteiger partial charge >= 0.3 is 0 Å². The molecule has 1 aliphatic heterocycles. The van der Waals surface area contributed by atoms with Gasteiger partial charge in [0.05, 0.1) is 12.1 Å². The summed E-state index contributed by atoms with van der Waals surface area (Å²) in [5.74, 6) is -0.441. The summed E-state index contributed by atoms with van der Waals surface area (Å²) in [6.45, 7) is 2.42. The summed E-state index contributed by atoms with van der Waals surface area (Å²) in [5, 5.41) is 1.20. The molecule has 27 heavy (non-hydrogen) atoms. The normalized spacial score (nSPS) is 16.1. The van der Waals surface area contributed by atoms with E-state index in [2.05, 4.69) is 0 Å². The fraction of sp³-hybridized carbons (Fsp3) is 0.0909. The average molecular weight is 396 g/mol. The molecule has 0 aromatic heterocycles. The first-order valence-electron chi connectivity index (χ1n) is 8.46. The Balaban J connectivity index is 1.67. The summed E-state index contributed by atoms with van der Waals surface area (Å²) in [4.78, 5) is 27.3. The van der Waals surface area contributed by atoms with Gasteiger partial charge in [-0.3, -0.25) is 9.59 Å². The van der Waals surface area contributed by atoms with Crippen LogP contribution >= 0.6 is 23.2 Å². The Morgan fingerprint density at radius 3 is 2.04 bits per heavy atom. The number of hydrogen-bond donors (Lipinski definition) is 0. The maximum absolute atomic E-state index is 12.7. The number of hydrogen-bond acceptors (Lipinski definition) is 3. The minimum absolute atomic E-state index is 0.220. The number of fused-ring (bicyclic) bond motifs is 1. The van der Waals surface area contributed by atoms with E-state index in [1.165, 1.54) is 0 Å². The van der Waals surface area contributed by atoms with E-state index >= 15 is 0 Å². The molecule has 2 aromatic rings. The molecular formula is C22H15Cl2NO2. The molecule has 0 saturated heterocycles. The number of carbonyl (C=O) groups excluding carboxylic acids is 2. The Labute approximate surface area is 167 Å². The number of allylic oxidation sites excluding steroid dienone is 5. The van der Waals surface area contributed by atoms with Crippen molar-refractivity contribution in [1.29, 1.82) is 0 Å². The average Bonchev–Trinajstić information content (AvgIpc) is 2.91. The second kappa shape index (κ2) is 6.84. The van der Waals surface area contributed by atoms with Gasteiger partial charge < -0.3 is 4.90 Å². The van der Waals surface area contributed by atoms with Crippen LogP contribution in [0.4, 0.5) is 0 Å². The van der Waals surface area contributed by atoms with E-state index in [0.29, 0.717) is 33.3 Å². The van der Waals surface area contributed by atoms with Crippen LogP contribution in [0.2, 0.25) is 10.0 Å². The minimum Gasteiger partial charge on any atom is -0.347 e. The van der Waals surface area contributed by atoms with Gasteiger partial charge in [-0.15, -0.1) is 0 Å². The van der Waals surface area contributed by atoms with Crippen LogP contribution in [0.5, 0.6) is 0 Å². The predicted octanol–water partition coefficient (Wildman–Crippen LogP) is 5.60. The number of carbonyl (C=O) groups is 2. The first-order chi connectivity index (χ1) is 13.0. The molecule has 5 heteroatoms. The molecule has 0 amide bonds. The zero-order chi connectivity index (χ0) is 19.1. The molecule has 0 N–H and O–H groups in total. The van der Waals surface area contributed by atoms with Crippen molar-refractivity contribution in [2.24, 2.45) is 0 Å². The maximum Gasteiger partial charge on any atom is 0.198 e. The van der Waals surface area contributed by atoms with Gasteiger partial charge in [-0.05, 0) is 36.8 Å². The van der Waals surface area contributed by atoms with E-state index in [1.54, 1.807) is 48.5 Å². The zero-order valence-corrected chi connectivity index (χ0v) is 16.0. The van der Waals surface area contributed by atoms with Gasteiger partial charge in [-0.25, -0.2) is 0 Å². The molecular weight excluding hydrogens is 381 g/mol. The van der Waals surface area contributed by atoms with Gasteiger partial charge in [0.25, 0.3) is 0 Å². The Kier molecular flexibility index (Phi) is 4.50. The van der Waals surface area contributed by atoms with E-state index in [9.17, 15) is 9.59 Å². The standard InChI is InChI=1S/C22H15Cl2NO2/c1-13-11-14(20-21(26)15-5-2-3-6-16(15)22(20)27)9-10-25(13)12-17-18(23)7-4-8-19(17)24/h2-11H,12H2,1H3. The van der Waals surface area contributed by atoms with Crippen molar-refractivity contribution in [3.05, 3.63) is 104 Å². The number of halogens is 2. The Morgan fingerprint density at radius 2 is 1.48 bits per heavy atom. The maximum atomic E-state index is 12.7. The molecule has 0 radical (unpaired) electrons. The molecule has 134 valence electrons. The van der Waals surface area contributed by atoms with Crippen molar-refractivity contribution in [2.75, 3.05) is 0 Å². The van der Waals surface area contributed by atoms with Gasteiger partial charge in [0.15, 0.2) is 11.6 Å². The van der Waals surface area contributed by atoms with Gasteiger partial charge in [0, 0.05) is 38.6 Å². The molecule has 0 bridgehead atoms. The first kappa shape index (κ1) is 17.8. The molecule has 0 atom stereocenters. The molecule has 0 spiro atoms. The number of Topliss-reactive ketones (excluding diaryl/α,β-unsaturated/α-hetero) is 2. The summed E-state index contributed by atoms with van der Waals surface area (Å²) in [6, 6.07) is 12.3. The number of rotatable bonds is 2. The van der Waals surface area contributed by atoms with Crippen molar-refractivity contribution in [2.45, 2.75) is 13.5 Å². The Bertz CT molecular complexity index is 1020. The van der Waals surface area contributed by atoms with Crippen molar-refractivity contribution >= 4 is 34.8 Å². The third-order valence-corrected chi connectivity index (χ3v) is 5.51. The van der Waals surface area contributed by atoms with Crippen molar-refractivity contribution in [3.63, 3.8) is 0 Å². The Morgan fingerprint density at radius 1 is 0.889 bits per heavy atom. The molecule has 3 nitrogen and oxygen atoms in total. The lowest BCUT2D eigenvalue weighted by atomic mass is 10.0. The van der Waals surface area contributed by atoms with Crippen LogP contribution in [0.3, 0.4) is 0 Å². The lowest BCUT2D eigenvalue weighted by Crippen LogP contribution is -2.18. The van der Waals surface area contributed by atoms with E-state index in [0.717, 1.165) is 11.3 Å². The first-order valence-corrected chi connectivity index (χ1v) is 9.21. The van der Waals surface area contributed by atoms with E-state index in [4.69, 9.17) is 23.2 Å². The fourth-order valence-corrected chi connectivity index (χ4v) is 3.86. The lowest BCUT2D eigenvalue weighted by molar-refractivity contribution is 0.0988. The van der Waals surface area contributed by atoms with E-state index < -0.39 is 0 Å². The molecule has 0 fully saturated rings. The van der Waals surface area contributed by atoms with Crippen molar-refractivity contribution < 1.29 is 9.59 Å². The molecule has 0 saturated carbocycles. The van der Waals surface area contributed by atoms with Crippen LogP contribution in [0.15, 0.2) is 77.7 Å². The quantitative estimate of drug-likeness (QED) is 0.490. The number of benzene rings is 2. The number of ketones is 2. The monoisotopic (exact) mass is 395 g/mol. The summed E-state index contributed by atoms with van der Waals surface area (Å²) in [5.41, 5.74) is 3.51. The highest BCUT2D eigenvalue weighted by molar-refractivity contribution is 6.40. The molecule has 1 aliphatic carbocycles. The zero-order valence-electron chi connectivity index (χ0n) is 14.5. The second-order valence-corrected chi connectivity index (χ2v) is 7.28. The van der Waals surface area contributed by atoms with Crippen LogP contribution in [0, 0.1) is 0 Å². The van der Waals surface area contributed by atoms with Crippen molar-refractivity contribution in [1.82, 2.24) is 4.90 Å². The summed E-state index contributed by atoms with van der Waals surface area (Å²) in [7, 11) is 0. The second-order valence-electron chi connectivity index (χ2n) is 6.46. The predicted molar refractivity (Wildman–Crippen MR) is 107 cm³/mol. The Hall–Kier alpha value is -2.62. The van der Waals surface area contributed by atoms with Crippen LogP contribution < -0.4 is 0 Å². The van der Waals surface area contributed by atoms with Crippen LogP contribution in [0.25, 0.3) is 0 Å². The topological polar surface area (TPSA) is 37.4 Å². The van der Waals surface area contributed by atoms with Gasteiger partial charge in [0.2, 0.25) is 0 Å². The van der Waals surface area contributed by atoms with E-state index in [1.807, 2.05) is 24.1 Å². The summed E-state index contributed by atoms with van der Waals surface area (Å²) >= 11 is 12.5. The summed E-state index contributed by atoms with van der Waals surface area (Å²) in [6.07, 6.45) is 5.48. The highest BCUT2D eigenvalue weighted by atomic mass is 35.5. The van der Waals surface area contributed by atoms with Crippen molar-refractivity contribution in [3.8, 4) is 0 Å². The SMILES string of the molecule is CC1=CC(=C2C(=O)c3ccccc3C2=O)C=CN1Cc1c(Cl)cccc1Cl. The minimum atomic E-state index is -0.220. The molecule has 0 unspecified atom stereocenters. The van der Waals surface area contributed by atoms with Crippen LogP contribution in [0.1, 0.15) is 33.2 Å². The highest BCUT2D eigenvalue weighted by Crippen LogP contribution is 2.33. The lowest BCUT2D eigenvalue weighted by Gasteiger charge is -2.26. The summed E-state index contributed by atoms with van der Waals surface area (Å²) < 4.78 is 0. The van der Waals surface area contributed by atoms with Gasteiger partial charge in [-0.2, -0.15) is 0 Å². The van der Waals surface area contributed by atoms with Gasteiger partial charge in [-0.1, -0.05) is 53.5 Å². The molecule has 2 aromatic carbocycles. The third-order valence-electron chi connectivity index (χ3n) is 4.80. The van der Waals surface area contributed by atoms with E-state index in [-0.39, 0.29) is 17.1 Å². The van der Waals surface area contributed by atoms with Gasteiger partial charge in [0.1, 0.15) is 0 Å². The molecule has 2 aliphatic rings. The van der Waals surface area contributed by atoms with Crippen LogP contribution in [-0.4, -0.2) is 16.5 Å². The molecule has 1 heterocycles.